The Bertz CT molecular complexity index is 738. The highest BCUT2D eigenvalue weighted by Crippen LogP contribution is 2.28. The van der Waals surface area contributed by atoms with Gasteiger partial charge in [0.25, 0.3) is 5.91 Å². The van der Waals surface area contributed by atoms with E-state index in [4.69, 9.17) is 4.42 Å². The molecule has 0 N–H and O–H groups in total. The van der Waals surface area contributed by atoms with E-state index in [2.05, 4.69) is 9.97 Å². The predicted octanol–water partition coefficient (Wildman–Crippen LogP) is 4.95. The summed E-state index contributed by atoms with van der Waals surface area (Å²) in [6.45, 7) is 1.88. The number of thioether (sulfide) groups is 1. The van der Waals surface area contributed by atoms with Gasteiger partial charge in [-0.3, -0.25) is 4.79 Å². The first-order valence-electron chi connectivity index (χ1n) is 9.35. The van der Waals surface area contributed by atoms with Crippen molar-refractivity contribution in [3.63, 3.8) is 0 Å². The lowest BCUT2D eigenvalue weighted by atomic mass is 9.95. The number of nitrogens with zero attached hydrogens (tertiary/aromatic N) is 3. The van der Waals surface area contributed by atoms with Gasteiger partial charge in [0.2, 0.25) is 0 Å². The average Bonchev–Trinajstić information content (AvgIpc) is 3.14. The summed E-state index contributed by atoms with van der Waals surface area (Å²) in [6, 6.07) is 3.96. The van der Waals surface area contributed by atoms with E-state index in [9.17, 15) is 4.79 Å². The zero-order valence-electron chi connectivity index (χ0n) is 15.8. The first-order chi connectivity index (χ1) is 12.6. The molecule has 0 spiro atoms. The van der Waals surface area contributed by atoms with Gasteiger partial charge in [-0.25, -0.2) is 9.97 Å². The molecule has 0 radical (unpaired) electrons. The van der Waals surface area contributed by atoms with Crippen molar-refractivity contribution in [3.8, 4) is 11.6 Å². The van der Waals surface area contributed by atoms with Gasteiger partial charge < -0.3 is 9.32 Å². The molecule has 1 aliphatic rings. The quantitative estimate of drug-likeness (QED) is 0.560. The molecule has 0 unspecified atom stereocenters. The van der Waals surface area contributed by atoms with Gasteiger partial charge in [-0.05, 0) is 38.2 Å². The molecule has 1 fully saturated rings. The Kier molecular flexibility index (Phi) is 6.35. The van der Waals surface area contributed by atoms with Gasteiger partial charge in [-0.2, -0.15) is 0 Å². The number of carbonyl (C=O) groups excluding carboxylic acids is 1. The zero-order chi connectivity index (χ0) is 18.5. The Labute approximate surface area is 159 Å². The number of amides is 1. The summed E-state index contributed by atoms with van der Waals surface area (Å²) < 4.78 is 5.41. The molecule has 2 aromatic rings. The molecule has 1 aliphatic carbocycles. The molecule has 1 amide bonds. The summed E-state index contributed by atoms with van der Waals surface area (Å²) in [5.41, 5.74) is 1.33. The molecular formula is C20H27N3O2S. The van der Waals surface area contributed by atoms with Gasteiger partial charge >= 0.3 is 0 Å². The summed E-state index contributed by atoms with van der Waals surface area (Å²) in [5.74, 6) is 1.18. The highest BCUT2D eigenvalue weighted by molar-refractivity contribution is 7.98. The maximum Gasteiger partial charge on any atom is 0.258 e. The van der Waals surface area contributed by atoms with Crippen molar-refractivity contribution in [2.24, 2.45) is 0 Å². The topological polar surface area (TPSA) is 59.2 Å². The molecule has 140 valence electrons. The maximum absolute atomic E-state index is 13.2. The predicted molar refractivity (Wildman–Crippen MR) is 104 cm³/mol. The fourth-order valence-corrected chi connectivity index (χ4v) is 4.24. The van der Waals surface area contributed by atoms with Crippen LogP contribution in [0.1, 0.15) is 61.0 Å². The molecule has 26 heavy (non-hydrogen) atoms. The third-order valence-electron chi connectivity index (χ3n) is 5.15. The highest BCUT2D eigenvalue weighted by Gasteiger charge is 2.27. The van der Waals surface area contributed by atoms with E-state index in [1.54, 1.807) is 6.26 Å². The van der Waals surface area contributed by atoms with E-state index in [0.717, 1.165) is 12.8 Å². The molecular weight excluding hydrogens is 346 g/mol. The van der Waals surface area contributed by atoms with Gasteiger partial charge in [-0.1, -0.05) is 32.1 Å². The Morgan fingerprint density at radius 2 is 1.88 bits per heavy atom. The number of aryl methyl sites for hydroxylation is 1. The molecule has 0 saturated heterocycles. The Balaban J connectivity index is 1.88. The number of hydrogen-bond donors (Lipinski definition) is 0. The van der Waals surface area contributed by atoms with Crippen molar-refractivity contribution in [1.82, 2.24) is 14.9 Å². The lowest BCUT2D eigenvalue weighted by molar-refractivity contribution is 0.0701. The monoisotopic (exact) mass is 373 g/mol. The summed E-state index contributed by atoms with van der Waals surface area (Å²) in [5, 5.41) is 0.714. The van der Waals surface area contributed by atoms with Crippen molar-refractivity contribution in [1.29, 1.82) is 0 Å². The van der Waals surface area contributed by atoms with Crippen LogP contribution in [0.3, 0.4) is 0 Å². The minimum absolute atomic E-state index is 0.0309. The molecule has 2 aromatic heterocycles. The van der Waals surface area contributed by atoms with Crippen molar-refractivity contribution in [2.45, 2.75) is 62.9 Å². The number of hydrogen-bond acceptors (Lipinski definition) is 5. The molecule has 2 heterocycles. The minimum atomic E-state index is 0.0309. The fraction of sp³-hybridized carbons (Fsp3) is 0.550. The van der Waals surface area contributed by atoms with E-state index >= 15 is 0 Å². The molecule has 3 rings (SSSR count). The summed E-state index contributed by atoms with van der Waals surface area (Å²) >= 11 is 1.48. The van der Waals surface area contributed by atoms with Crippen LogP contribution in [0.5, 0.6) is 0 Å². The summed E-state index contributed by atoms with van der Waals surface area (Å²) in [4.78, 5) is 24.3. The van der Waals surface area contributed by atoms with Crippen LogP contribution in [0.2, 0.25) is 0 Å². The second kappa shape index (κ2) is 8.71. The largest absolute Gasteiger partial charge is 0.461 e. The number of furan rings is 1. The van der Waals surface area contributed by atoms with Gasteiger partial charge in [0.05, 0.1) is 17.5 Å². The first kappa shape index (κ1) is 19.0. The minimum Gasteiger partial charge on any atom is -0.461 e. The second-order valence-electron chi connectivity index (χ2n) is 6.91. The maximum atomic E-state index is 13.2. The summed E-state index contributed by atoms with van der Waals surface area (Å²) in [6.07, 6.45) is 12.0. The number of aromatic nitrogens is 2. The molecule has 0 aliphatic heterocycles. The van der Waals surface area contributed by atoms with Crippen LogP contribution in [0.15, 0.2) is 27.8 Å². The Morgan fingerprint density at radius 3 is 2.50 bits per heavy atom. The van der Waals surface area contributed by atoms with Gasteiger partial charge in [0, 0.05) is 13.1 Å². The van der Waals surface area contributed by atoms with Crippen molar-refractivity contribution in [3.05, 3.63) is 29.7 Å². The van der Waals surface area contributed by atoms with Crippen LogP contribution in [0.4, 0.5) is 0 Å². The van der Waals surface area contributed by atoms with Crippen LogP contribution < -0.4 is 0 Å². The molecule has 0 atom stereocenters. The van der Waals surface area contributed by atoms with Crippen LogP contribution in [0.25, 0.3) is 11.6 Å². The van der Waals surface area contributed by atoms with E-state index in [0.29, 0.717) is 33.9 Å². The molecule has 1 saturated carbocycles. The Morgan fingerprint density at radius 1 is 1.19 bits per heavy atom. The van der Waals surface area contributed by atoms with Crippen LogP contribution in [-0.2, 0) is 0 Å². The molecule has 0 aromatic carbocycles. The lowest BCUT2D eigenvalue weighted by Gasteiger charge is -2.30. The smallest absolute Gasteiger partial charge is 0.258 e. The standard InChI is InChI=1S/C20H27N3O2S/c1-14-17(19(26-3)22-18(21-14)16-12-9-13-25-16)20(24)23(2)15-10-7-5-4-6-8-11-15/h9,12-13,15H,4-8,10-11H2,1-3H3. The number of rotatable bonds is 4. The van der Waals surface area contributed by atoms with Crippen LogP contribution >= 0.6 is 11.8 Å². The van der Waals surface area contributed by atoms with E-state index in [1.165, 1.54) is 43.9 Å². The first-order valence-corrected chi connectivity index (χ1v) is 10.6. The van der Waals surface area contributed by atoms with Crippen LogP contribution in [-0.4, -0.2) is 40.1 Å². The SMILES string of the molecule is CSc1nc(-c2ccco2)nc(C)c1C(=O)N(C)C1CCCCCCC1. The third-order valence-corrected chi connectivity index (χ3v) is 5.83. The average molecular weight is 374 g/mol. The van der Waals surface area contributed by atoms with Crippen molar-refractivity contribution in [2.75, 3.05) is 13.3 Å². The van der Waals surface area contributed by atoms with Crippen molar-refractivity contribution < 1.29 is 9.21 Å². The molecule has 5 nitrogen and oxygen atoms in total. The van der Waals surface area contributed by atoms with Gasteiger partial charge in [-0.15, -0.1) is 11.8 Å². The van der Waals surface area contributed by atoms with E-state index in [-0.39, 0.29) is 5.91 Å². The number of carbonyl (C=O) groups is 1. The summed E-state index contributed by atoms with van der Waals surface area (Å²) in [7, 11) is 1.93. The Hall–Kier alpha value is -1.82. The third kappa shape index (κ3) is 4.11. The highest BCUT2D eigenvalue weighted by atomic mass is 32.2. The fourth-order valence-electron chi connectivity index (χ4n) is 3.62. The van der Waals surface area contributed by atoms with Gasteiger partial charge in [0.1, 0.15) is 5.03 Å². The van der Waals surface area contributed by atoms with E-state index < -0.39 is 0 Å². The van der Waals surface area contributed by atoms with E-state index in [1.807, 2.05) is 37.3 Å². The molecule has 0 bridgehead atoms. The van der Waals surface area contributed by atoms with Gasteiger partial charge in [0.15, 0.2) is 11.6 Å². The van der Waals surface area contributed by atoms with Crippen LogP contribution in [0, 0.1) is 6.92 Å². The van der Waals surface area contributed by atoms with Crippen molar-refractivity contribution >= 4 is 17.7 Å². The lowest BCUT2D eigenvalue weighted by Crippen LogP contribution is -2.38. The molecule has 6 heteroatoms. The normalized spacial score (nSPS) is 16.1. The second-order valence-corrected chi connectivity index (χ2v) is 7.70. The zero-order valence-corrected chi connectivity index (χ0v) is 16.6.